The summed E-state index contributed by atoms with van der Waals surface area (Å²) in [6.07, 6.45) is 4.75. The fraction of sp³-hybridized carbons (Fsp3) is 0.421. The summed E-state index contributed by atoms with van der Waals surface area (Å²) in [5, 5.41) is 0.612. The van der Waals surface area contributed by atoms with Gasteiger partial charge in [0.2, 0.25) is 0 Å². The third-order valence-electron chi connectivity index (χ3n) is 4.93. The topological polar surface area (TPSA) is 56.9 Å². The monoisotopic (exact) mass is 355 g/mol. The maximum Gasteiger partial charge on any atom is 0.262 e. The highest BCUT2D eigenvalue weighted by Gasteiger charge is 2.28. The van der Waals surface area contributed by atoms with Gasteiger partial charge in [0.25, 0.3) is 5.56 Å². The first-order chi connectivity index (χ1) is 12.0. The predicted octanol–water partition coefficient (Wildman–Crippen LogP) is 3.66. The summed E-state index contributed by atoms with van der Waals surface area (Å²) in [4.78, 5) is 31.7. The van der Waals surface area contributed by atoms with Gasteiger partial charge in [-0.3, -0.25) is 14.2 Å². The summed E-state index contributed by atoms with van der Waals surface area (Å²) in [6.45, 7) is 6.13. The average molecular weight is 355 g/mol. The summed E-state index contributed by atoms with van der Waals surface area (Å²) in [7, 11) is 0. The standard InChI is InChI=1S/C19H21N3O2S/c1-4-14-8-16-18(25-14)20-10-21(19(16)24)9-17(23)15-7-11(2)22(12(15)3)13-5-6-13/h7-8,10,13H,4-6,9H2,1-3H3. The van der Waals surface area contributed by atoms with Gasteiger partial charge < -0.3 is 4.57 Å². The van der Waals surface area contributed by atoms with Crippen molar-refractivity contribution >= 4 is 27.3 Å². The first-order valence-corrected chi connectivity index (χ1v) is 9.50. The van der Waals surface area contributed by atoms with Crippen LogP contribution in [0.15, 0.2) is 23.3 Å². The number of thiophene rings is 1. The molecule has 1 aliphatic rings. The molecule has 25 heavy (non-hydrogen) atoms. The number of aromatic nitrogens is 3. The Kier molecular flexibility index (Phi) is 3.87. The molecule has 3 aromatic rings. The molecule has 0 spiro atoms. The molecule has 0 bridgehead atoms. The molecule has 1 fully saturated rings. The van der Waals surface area contributed by atoms with Gasteiger partial charge in [0.1, 0.15) is 4.83 Å². The Bertz CT molecular complexity index is 1040. The molecule has 5 nitrogen and oxygen atoms in total. The van der Waals surface area contributed by atoms with E-state index < -0.39 is 0 Å². The molecule has 0 aliphatic heterocycles. The molecule has 0 N–H and O–H groups in total. The van der Waals surface area contributed by atoms with Crippen molar-refractivity contribution in [2.75, 3.05) is 0 Å². The lowest BCUT2D eigenvalue weighted by atomic mass is 10.1. The lowest BCUT2D eigenvalue weighted by Crippen LogP contribution is -2.24. The molecular weight excluding hydrogens is 334 g/mol. The molecule has 0 saturated heterocycles. The van der Waals surface area contributed by atoms with Gasteiger partial charge >= 0.3 is 0 Å². The number of hydrogen-bond acceptors (Lipinski definition) is 4. The first-order valence-electron chi connectivity index (χ1n) is 8.69. The van der Waals surface area contributed by atoms with Crippen molar-refractivity contribution in [3.8, 4) is 0 Å². The van der Waals surface area contributed by atoms with Crippen LogP contribution in [-0.4, -0.2) is 19.9 Å². The first kappa shape index (κ1) is 16.3. The second kappa shape index (κ2) is 5.95. The van der Waals surface area contributed by atoms with E-state index in [9.17, 15) is 9.59 Å². The molecule has 130 valence electrons. The van der Waals surface area contributed by atoms with E-state index in [-0.39, 0.29) is 17.9 Å². The van der Waals surface area contributed by atoms with E-state index in [1.165, 1.54) is 23.7 Å². The van der Waals surface area contributed by atoms with E-state index in [1.807, 2.05) is 26.0 Å². The highest BCUT2D eigenvalue weighted by atomic mass is 32.1. The molecule has 1 aliphatic carbocycles. The van der Waals surface area contributed by atoms with Crippen LogP contribution >= 0.6 is 11.3 Å². The number of hydrogen-bond donors (Lipinski definition) is 0. The van der Waals surface area contributed by atoms with Crippen molar-refractivity contribution in [2.24, 2.45) is 0 Å². The van der Waals surface area contributed by atoms with E-state index in [1.54, 1.807) is 11.3 Å². The molecule has 0 amide bonds. The van der Waals surface area contributed by atoms with Crippen LogP contribution in [0.3, 0.4) is 0 Å². The quantitative estimate of drug-likeness (QED) is 0.656. The highest BCUT2D eigenvalue weighted by molar-refractivity contribution is 7.18. The van der Waals surface area contributed by atoms with Crippen LogP contribution in [-0.2, 0) is 13.0 Å². The van der Waals surface area contributed by atoms with Crippen molar-refractivity contribution in [3.05, 3.63) is 50.6 Å². The normalized spacial score (nSPS) is 14.4. The summed E-state index contributed by atoms with van der Waals surface area (Å²) < 4.78 is 3.68. The second-order valence-corrected chi connectivity index (χ2v) is 7.89. The van der Waals surface area contributed by atoms with Crippen molar-refractivity contribution in [1.29, 1.82) is 0 Å². The predicted molar refractivity (Wildman–Crippen MR) is 99.8 cm³/mol. The number of nitrogens with zero attached hydrogens (tertiary/aromatic N) is 3. The van der Waals surface area contributed by atoms with Crippen molar-refractivity contribution in [3.63, 3.8) is 0 Å². The molecule has 3 heterocycles. The third-order valence-corrected chi connectivity index (χ3v) is 6.12. The fourth-order valence-corrected chi connectivity index (χ4v) is 4.42. The number of aryl methyl sites for hydroxylation is 2. The number of ketones is 1. The molecule has 0 aromatic carbocycles. The number of Topliss-reactive ketones (excluding diaryl/α,β-unsaturated/α-hetero) is 1. The number of fused-ring (bicyclic) bond motifs is 1. The minimum absolute atomic E-state index is 0.0332. The minimum atomic E-state index is -0.134. The third kappa shape index (κ3) is 2.74. The van der Waals surface area contributed by atoms with Crippen molar-refractivity contribution in [1.82, 2.24) is 14.1 Å². The van der Waals surface area contributed by atoms with E-state index >= 15 is 0 Å². The zero-order valence-electron chi connectivity index (χ0n) is 14.7. The Hall–Kier alpha value is -2.21. The van der Waals surface area contributed by atoms with Crippen LogP contribution in [0.1, 0.15) is 52.4 Å². The fourth-order valence-electron chi connectivity index (χ4n) is 3.49. The lowest BCUT2D eigenvalue weighted by molar-refractivity contribution is 0.0970. The zero-order valence-corrected chi connectivity index (χ0v) is 15.5. The van der Waals surface area contributed by atoms with E-state index in [0.717, 1.165) is 33.1 Å². The van der Waals surface area contributed by atoms with E-state index in [4.69, 9.17) is 0 Å². The maximum absolute atomic E-state index is 12.8. The van der Waals surface area contributed by atoms with Gasteiger partial charge in [-0.1, -0.05) is 6.92 Å². The van der Waals surface area contributed by atoms with Crippen LogP contribution in [0.25, 0.3) is 10.2 Å². The van der Waals surface area contributed by atoms with Gasteiger partial charge in [0.15, 0.2) is 5.78 Å². The second-order valence-electron chi connectivity index (χ2n) is 6.77. The smallest absolute Gasteiger partial charge is 0.262 e. The number of carbonyl (C=O) groups is 1. The summed E-state index contributed by atoms with van der Waals surface area (Å²) in [5.74, 6) is -0.0332. The molecule has 0 unspecified atom stereocenters. The molecule has 1 saturated carbocycles. The van der Waals surface area contributed by atoms with E-state index in [2.05, 4.69) is 16.5 Å². The van der Waals surface area contributed by atoms with Crippen LogP contribution in [0.2, 0.25) is 0 Å². The van der Waals surface area contributed by atoms with Crippen LogP contribution in [0.4, 0.5) is 0 Å². The number of rotatable bonds is 5. The molecule has 0 radical (unpaired) electrons. The van der Waals surface area contributed by atoms with Gasteiger partial charge in [0.05, 0.1) is 18.3 Å². The van der Waals surface area contributed by atoms with E-state index in [0.29, 0.717) is 11.4 Å². The Morgan fingerprint density at radius 2 is 2.08 bits per heavy atom. The number of carbonyl (C=O) groups excluding carboxylic acids is 1. The van der Waals surface area contributed by atoms with Gasteiger partial charge in [-0.25, -0.2) is 4.98 Å². The Morgan fingerprint density at radius 3 is 2.76 bits per heavy atom. The Labute approximate surface area is 149 Å². The van der Waals surface area contributed by atoms with Gasteiger partial charge in [-0.15, -0.1) is 11.3 Å². The minimum Gasteiger partial charge on any atom is -0.345 e. The SMILES string of the molecule is CCc1cc2c(=O)n(CC(=O)c3cc(C)n(C4CC4)c3C)cnc2s1. The molecule has 0 atom stereocenters. The largest absolute Gasteiger partial charge is 0.345 e. The van der Waals surface area contributed by atoms with Crippen LogP contribution < -0.4 is 5.56 Å². The summed E-state index contributed by atoms with van der Waals surface area (Å²) in [5.41, 5.74) is 2.71. The maximum atomic E-state index is 12.8. The highest BCUT2D eigenvalue weighted by Crippen LogP contribution is 2.38. The van der Waals surface area contributed by atoms with Gasteiger partial charge in [-0.05, 0) is 45.2 Å². The Balaban J connectivity index is 1.67. The molecular formula is C19H21N3O2S. The summed E-state index contributed by atoms with van der Waals surface area (Å²) in [6, 6.07) is 4.39. The van der Waals surface area contributed by atoms with Crippen molar-refractivity contribution in [2.45, 2.75) is 52.6 Å². The van der Waals surface area contributed by atoms with Crippen LogP contribution in [0, 0.1) is 13.8 Å². The average Bonchev–Trinajstić information content (AvgIpc) is 3.24. The Morgan fingerprint density at radius 1 is 1.32 bits per heavy atom. The lowest BCUT2D eigenvalue weighted by Gasteiger charge is -2.08. The molecule has 4 rings (SSSR count). The van der Waals surface area contributed by atoms with Crippen molar-refractivity contribution < 1.29 is 4.79 Å². The van der Waals surface area contributed by atoms with Gasteiger partial charge in [-0.2, -0.15) is 0 Å². The molecule has 6 heteroatoms. The summed E-state index contributed by atoms with van der Waals surface area (Å²) >= 11 is 1.54. The zero-order chi connectivity index (χ0) is 17.7. The van der Waals surface area contributed by atoms with Crippen LogP contribution in [0.5, 0.6) is 0 Å². The molecule has 3 aromatic heterocycles. The van der Waals surface area contributed by atoms with Gasteiger partial charge in [0, 0.05) is 27.9 Å².